The van der Waals surface area contributed by atoms with Gasteiger partial charge in [0.25, 0.3) is 0 Å². The highest BCUT2D eigenvalue weighted by molar-refractivity contribution is 5.76. The first-order chi connectivity index (χ1) is 10.1. The van der Waals surface area contributed by atoms with Crippen LogP contribution in [0.1, 0.15) is 27.2 Å². The number of anilines is 1. The van der Waals surface area contributed by atoms with Crippen molar-refractivity contribution in [3.05, 3.63) is 30.1 Å². The van der Waals surface area contributed by atoms with Crippen molar-refractivity contribution in [2.45, 2.75) is 33.2 Å². The zero-order chi connectivity index (χ0) is 15.7. The van der Waals surface area contributed by atoms with Crippen molar-refractivity contribution >= 4 is 11.7 Å². The van der Waals surface area contributed by atoms with E-state index in [-0.39, 0.29) is 11.8 Å². The van der Waals surface area contributed by atoms with E-state index in [0.29, 0.717) is 25.4 Å². The Morgan fingerprint density at radius 2 is 2.05 bits per heavy atom. The van der Waals surface area contributed by atoms with E-state index in [1.807, 2.05) is 18.7 Å². The van der Waals surface area contributed by atoms with Gasteiger partial charge in [-0.3, -0.25) is 4.79 Å². The average molecular weight is 296 g/mol. The maximum Gasteiger partial charge on any atom is 0.324 e. The summed E-state index contributed by atoms with van der Waals surface area (Å²) in [6.45, 7) is 7.82. The smallest absolute Gasteiger partial charge is 0.324 e. The predicted molar refractivity (Wildman–Crippen MR) is 83.0 cm³/mol. The summed E-state index contributed by atoms with van der Waals surface area (Å²) in [6, 6.07) is 6.15. The molecule has 21 heavy (non-hydrogen) atoms. The van der Waals surface area contributed by atoms with Crippen molar-refractivity contribution in [3.8, 4) is 0 Å². The van der Waals surface area contributed by atoms with Crippen LogP contribution in [0.2, 0.25) is 0 Å². The van der Waals surface area contributed by atoms with Crippen LogP contribution in [-0.2, 0) is 9.53 Å². The molecule has 0 spiro atoms. The number of carbonyl (C=O) groups is 1. The van der Waals surface area contributed by atoms with E-state index in [1.54, 1.807) is 25.1 Å². The molecule has 0 amide bonds. The zero-order valence-electron chi connectivity index (χ0n) is 13.1. The number of esters is 1. The lowest BCUT2D eigenvalue weighted by Gasteiger charge is -2.28. The molecule has 0 saturated carbocycles. The Labute approximate surface area is 126 Å². The lowest BCUT2D eigenvalue weighted by molar-refractivity contribution is -0.145. The van der Waals surface area contributed by atoms with Gasteiger partial charge in [0.15, 0.2) is 0 Å². The Morgan fingerprint density at radius 1 is 1.33 bits per heavy atom. The molecular weight excluding hydrogens is 271 g/mol. The minimum absolute atomic E-state index is 0.280. The molecule has 1 rings (SSSR count). The van der Waals surface area contributed by atoms with Gasteiger partial charge in [0, 0.05) is 13.1 Å². The number of benzene rings is 1. The van der Waals surface area contributed by atoms with Crippen LogP contribution in [0.3, 0.4) is 0 Å². The van der Waals surface area contributed by atoms with Gasteiger partial charge in [-0.05, 0) is 38.9 Å². The molecule has 0 aliphatic heterocycles. The molecule has 0 saturated heterocycles. The van der Waals surface area contributed by atoms with E-state index in [2.05, 4.69) is 5.32 Å². The van der Waals surface area contributed by atoms with Crippen molar-refractivity contribution in [1.82, 2.24) is 5.32 Å². The van der Waals surface area contributed by atoms with Crippen LogP contribution in [0, 0.1) is 5.82 Å². The Morgan fingerprint density at radius 3 is 2.62 bits per heavy atom. The summed E-state index contributed by atoms with van der Waals surface area (Å²) in [5.74, 6) is -0.571. The summed E-state index contributed by atoms with van der Waals surface area (Å²) < 4.78 is 19.0. The van der Waals surface area contributed by atoms with E-state index in [4.69, 9.17) is 4.74 Å². The molecule has 0 bridgehead atoms. The number of nitrogens with zero attached hydrogens (tertiary/aromatic N) is 1. The maximum atomic E-state index is 13.9. The Hall–Kier alpha value is -1.62. The third-order valence-electron chi connectivity index (χ3n) is 3.19. The standard InChI is InChI=1S/C16H25FN2O2/c1-4-11-18-14(16(20)21-6-3)12-19(5-2)15-10-8-7-9-13(15)17/h7-10,14,18H,4-6,11-12H2,1-3H3. The number of rotatable bonds is 9. The Kier molecular flexibility index (Phi) is 7.75. The molecule has 0 heterocycles. The summed E-state index contributed by atoms with van der Waals surface area (Å²) in [4.78, 5) is 13.9. The molecule has 4 nitrogen and oxygen atoms in total. The van der Waals surface area contributed by atoms with Crippen molar-refractivity contribution in [2.75, 3.05) is 31.1 Å². The Bertz CT molecular complexity index is 440. The van der Waals surface area contributed by atoms with Crippen molar-refractivity contribution in [3.63, 3.8) is 0 Å². The van der Waals surface area contributed by atoms with Gasteiger partial charge in [-0.15, -0.1) is 0 Å². The molecule has 1 aromatic carbocycles. The van der Waals surface area contributed by atoms with Crippen LogP contribution in [0.15, 0.2) is 24.3 Å². The summed E-state index contributed by atoms with van der Waals surface area (Å²) in [5, 5.41) is 3.17. The van der Waals surface area contributed by atoms with Crippen molar-refractivity contribution in [2.24, 2.45) is 0 Å². The van der Waals surface area contributed by atoms with Gasteiger partial charge < -0.3 is 15.0 Å². The van der Waals surface area contributed by atoms with Crippen LogP contribution in [0.5, 0.6) is 0 Å². The van der Waals surface area contributed by atoms with Crippen molar-refractivity contribution < 1.29 is 13.9 Å². The quantitative estimate of drug-likeness (QED) is 0.711. The molecule has 0 aromatic heterocycles. The van der Waals surface area contributed by atoms with E-state index in [1.165, 1.54) is 6.07 Å². The first kappa shape index (κ1) is 17.4. The van der Waals surface area contributed by atoms with E-state index >= 15 is 0 Å². The third kappa shape index (κ3) is 5.34. The largest absolute Gasteiger partial charge is 0.465 e. The van der Waals surface area contributed by atoms with Gasteiger partial charge in [0.05, 0.1) is 12.3 Å². The van der Waals surface area contributed by atoms with Gasteiger partial charge in [-0.1, -0.05) is 19.1 Å². The second-order valence-electron chi connectivity index (χ2n) is 4.75. The normalized spacial score (nSPS) is 12.0. The highest BCUT2D eigenvalue weighted by atomic mass is 19.1. The number of likely N-dealkylation sites (N-methyl/N-ethyl adjacent to an activating group) is 1. The number of para-hydroxylation sites is 1. The number of ether oxygens (including phenoxy) is 1. The van der Waals surface area contributed by atoms with Crippen LogP contribution in [0.25, 0.3) is 0 Å². The summed E-state index contributed by atoms with van der Waals surface area (Å²) in [6.07, 6.45) is 0.918. The maximum absolute atomic E-state index is 13.9. The first-order valence-electron chi connectivity index (χ1n) is 7.53. The van der Waals surface area contributed by atoms with Crippen LogP contribution in [-0.4, -0.2) is 38.3 Å². The van der Waals surface area contributed by atoms with Crippen LogP contribution >= 0.6 is 0 Å². The number of nitrogens with one attached hydrogen (secondary N) is 1. The number of halogens is 1. The molecule has 1 aromatic rings. The zero-order valence-corrected chi connectivity index (χ0v) is 13.1. The van der Waals surface area contributed by atoms with E-state index < -0.39 is 6.04 Å². The molecule has 1 N–H and O–H groups in total. The van der Waals surface area contributed by atoms with Crippen molar-refractivity contribution in [1.29, 1.82) is 0 Å². The molecule has 0 radical (unpaired) electrons. The molecule has 0 aliphatic rings. The minimum Gasteiger partial charge on any atom is -0.465 e. The molecule has 1 atom stereocenters. The molecule has 0 aliphatic carbocycles. The number of hydrogen-bond acceptors (Lipinski definition) is 4. The van der Waals surface area contributed by atoms with Crippen LogP contribution in [0.4, 0.5) is 10.1 Å². The fourth-order valence-corrected chi connectivity index (χ4v) is 2.11. The molecule has 5 heteroatoms. The van der Waals surface area contributed by atoms with E-state index in [9.17, 15) is 9.18 Å². The lowest BCUT2D eigenvalue weighted by atomic mass is 10.2. The summed E-state index contributed by atoms with van der Waals surface area (Å²) in [5.41, 5.74) is 0.507. The van der Waals surface area contributed by atoms with Gasteiger partial charge >= 0.3 is 5.97 Å². The molecule has 0 fully saturated rings. The predicted octanol–water partition coefficient (Wildman–Crippen LogP) is 2.58. The second-order valence-corrected chi connectivity index (χ2v) is 4.75. The molecule has 1 unspecified atom stereocenters. The topological polar surface area (TPSA) is 41.6 Å². The summed E-state index contributed by atoms with van der Waals surface area (Å²) in [7, 11) is 0. The second kappa shape index (κ2) is 9.34. The van der Waals surface area contributed by atoms with Gasteiger partial charge in [-0.2, -0.15) is 0 Å². The van der Waals surface area contributed by atoms with Gasteiger partial charge in [0.1, 0.15) is 11.9 Å². The van der Waals surface area contributed by atoms with Crippen LogP contribution < -0.4 is 10.2 Å². The molecular formula is C16H25FN2O2. The highest BCUT2D eigenvalue weighted by Crippen LogP contribution is 2.18. The monoisotopic (exact) mass is 296 g/mol. The number of hydrogen-bond donors (Lipinski definition) is 1. The number of carbonyl (C=O) groups excluding carboxylic acids is 1. The van der Waals surface area contributed by atoms with Gasteiger partial charge in [-0.25, -0.2) is 4.39 Å². The summed E-state index contributed by atoms with van der Waals surface area (Å²) >= 11 is 0. The SMILES string of the molecule is CCCNC(CN(CC)c1ccccc1F)C(=O)OCC. The van der Waals surface area contributed by atoms with Gasteiger partial charge in [0.2, 0.25) is 0 Å². The molecule has 118 valence electrons. The fourth-order valence-electron chi connectivity index (χ4n) is 2.11. The fraction of sp³-hybridized carbons (Fsp3) is 0.562. The average Bonchev–Trinajstić information content (AvgIpc) is 2.49. The Balaban J connectivity index is 2.83. The highest BCUT2D eigenvalue weighted by Gasteiger charge is 2.23. The first-order valence-corrected chi connectivity index (χ1v) is 7.53. The lowest BCUT2D eigenvalue weighted by Crippen LogP contribution is -2.47. The minimum atomic E-state index is -0.454. The van der Waals surface area contributed by atoms with E-state index in [0.717, 1.165) is 13.0 Å². The third-order valence-corrected chi connectivity index (χ3v) is 3.19.